The van der Waals surface area contributed by atoms with Gasteiger partial charge in [0.25, 0.3) is 0 Å². The molecule has 1 heterocycles. The second-order valence-corrected chi connectivity index (χ2v) is 4.67. The Labute approximate surface area is 91.8 Å². The predicted molar refractivity (Wildman–Crippen MR) is 59.0 cm³/mol. The fourth-order valence-electron chi connectivity index (χ4n) is 1.60. The number of anilines is 1. The van der Waals surface area contributed by atoms with E-state index in [-0.39, 0.29) is 0 Å². The first-order valence-corrected chi connectivity index (χ1v) is 5.41. The molecule has 0 spiro atoms. The summed E-state index contributed by atoms with van der Waals surface area (Å²) < 4.78 is 26.5. The largest absolute Gasteiger partial charge is 0.338 e. The van der Waals surface area contributed by atoms with Gasteiger partial charge in [-0.25, -0.2) is 8.78 Å². The molecule has 0 N–H and O–H groups in total. The molecule has 0 amide bonds. The summed E-state index contributed by atoms with van der Waals surface area (Å²) in [6, 6.07) is 2.77. The van der Waals surface area contributed by atoms with Crippen molar-refractivity contribution in [2.24, 2.45) is 0 Å². The third-order valence-electron chi connectivity index (χ3n) is 2.32. The number of hydrogen-bond donors (Lipinski definition) is 0. The first kappa shape index (κ1) is 10.5. The quantitative estimate of drug-likeness (QED) is 0.664. The SMILES string of the molecule is CC(C)=C1Sc2c(ccc(F)c2F)N1C. The molecule has 1 aromatic carbocycles. The number of thioether (sulfide) groups is 1. The monoisotopic (exact) mass is 227 g/mol. The van der Waals surface area contributed by atoms with Gasteiger partial charge in [-0.2, -0.15) is 0 Å². The van der Waals surface area contributed by atoms with Crippen LogP contribution in [0.5, 0.6) is 0 Å². The van der Waals surface area contributed by atoms with Crippen molar-refractivity contribution in [1.29, 1.82) is 0 Å². The molecule has 0 saturated carbocycles. The van der Waals surface area contributed by atoms with Crippen LogP contribution in [0.1, 0.15) is 13.8 Å². The van der Waals surface area contributed by atoms with Gasteiger partial charge in [-0.3, -0.25) is 0 Å². The van der Waals surface area contributed by atoms with Crippen LogP contribution < -0.4 is 4.90 Å². The van der Waals surface area contributed by atoms with Gasteiger partial charge in [0.15, 0.2) is 11.6 Å². The van der Waals surface area contributed by atoms with Crippen molar-refractivity contribution in [2.45, 2.75) is 18.7 Å². The second-order valence-electron chi connectivity index (χ2n) is 3.68. The lowest BCUT2D eigenvalue weighted by atomic mass is 10.2. The molecule has 4 heteroatoms. The minimum absolute atomic E-state index is 0.383. The summed E-state index contributed by atoms with van der Waals surface area (Å²) >= 11 is 1.28. The predicted octanol–water partition coefficient (Wildman–Crippen LogP) is 3.76. The molecule has 0 saturated heterocycles. The van der Waals surface area contributed by atoms with Crippen LogP contribution in [-0.4, -0.2) is 7.05 Å². The van der Waals surface area contributed by atoms with Gasteiger partial charge >= 0.3 is 0 Å². The lowest BCUT2D eigenvalue weighted by molar-refractivity contribution is 0.492. The maximum atomic E-state index is 13.5. The van der Waals surface area contributed by atoms with E-state index < -0.39 is 11.6 Å². The van der Waals surface area contributed by atoms with Crippen LogP contribution in [0.15, 0.2) is 27.6 Å². The fourth-order valence-corrected chi connectivity index (χ4v) is 2.72. The summed E-state index contributed by atoms with van der Waals surface area (Å²) in [5, 5.41) is 0.967. The molecule has 1 aromatic rings. The molecule has 0 bridgehead atoms. The normalized spacial score (nSPS) is 14.5. The highest BCUT2D eigenvalue weighted by molar-refractivity contribution is 8.03. The molecule has 1 aliphatic rings. The van der Waals surface area contributed by atoms with Gasteiger partial charge in [-0.05, 0) is 31.6 Å². The van der Waals surface area contributed by atoms with E-state index in [4.69, 9.17) is 0 Å². The van der Waals surface area contributed by atoms with Gasteiger partial charge in [0.05, 0.1) is 15.6 Å². The zero-order chi connectivity index (χ0) is 11.2. The molecular weight excluding hydrogens is 216 g/mol. The highest BCUT2D eigenvalue weighted by Crippen LogP contribution is 2.47. The van der Waals surface area contributed by atoms with Crippen molar-refractivity contribution in [2.75, 3.05) is 11.9 Å². The van der Waals surface area contributed by atoms with E-state index in [2.05, 4.69) is 0 Å². The Morgan fingerprint density at radius 3 is 2.53 bits per heavy atom. The first-order valence-electron chi connectivity index (χ1n) is 4.59. The molecule has 15 heavy (non-hydrogen) atoms. The van der Waals surface area contributed by atoms with Gasteiger partial charge in [0.1, 0.15) is 0 Å². The van der Waals surface area contributed by atoms with Crippen LogP contribution >= 0.6 is 11.8 Å². The van der Waals surface area contributed by atoms with Crippen LogP contribution in [0.25, 0.3) is 0 Å². The van der Waals surface area contributed by atoms with Crippen LogP contribution in [0.4, 0.5) is 14.5 Å². The average molecular weight is 227 g/mol. The molecule has 1 nitrogen and oxygen atoms in total. The molecule has 0 aromatic heterocycles. The van der Waals surface area contributed by atoms with E-state index in [9.17, 15) is 8.78 Å². The topological polar surface area (TPSA) is 3.24 Å². The smallest absolute Gasteiger partial charge is 0.174 e. The number of fused-ring (bicyclic) bond motifs is 1. The Balaban J connectivity index is 2.60. The minimum atomic E-state index is -0.787. The summed E-state index contributed by atoms with van der Waals surface area (Å²) in [7, 11) is 1.86. The summed E-state index contributed by atoms with van der Waals surface area (Å²) in [6.45, 7) is 3.91. The molecule has 0 radical (unpaired) electrons. The van der Waals surface area contributed by atoms with Gasteiger partial charge in [0.2, 0.25) is 0 Å². The van der Waals surface area contributed by atoms with Crippen molar-refractivity contribution in [3.05, 3.63) is 34.4 Å². The highest BCUT2D eigenvalue weighted by atomic mass is 32.2. The lowest BCUT2D eigenvalue weighted by Gasteiger charge is -2.14. The Hall–Kier alpha value is -1.03. The second kappa shape index (κ2) is 3.52. The molecule has 0 aliphatic carbocycles. The van der Waals surface area contributed by atoms with E-state index in [1.165, 1.54) is 17.8 Å². The van der Waals surface area contributed by atoms with Crippen molar-refractivity contribution < 1.29 is 8.78 Å². The van der Waals surface area contributed by atoms with E-state index in [0.717, 1.165) is 16.3 Å². The van der Waals surface area contributed by atoms with Crippen molar-refractivity contribution in [3.8, 4) is 0 Å². The molecule has 0 atom stereocenters. The lowest BCUT2D eigenvalue weighted by Crippen LogP contribution is -2.10. The maximum Gasteiger partial charge on any atom is 0.174 e. The summed E-state index contributed by atoms with van der Waals surface area (Å²) in [4.78, 5) is 2.27. The van der Waals surface area contributed by atoms with Crippen molar-refractivity contribution in [1.82, 2.24) is 0 Å². The van der Waals surface area contributed by atoms with Crippen LogP contribution in [-0.2, 0) is 0 Å². The summed E-state index contributed by atoms with van der Waals surface area (Å²) in [6.07, 6.45) is 0. The molecular formula is C11H11F2NS. The summed E-state index contributed by atoms with van der Waals surface area (Å²) in [5.41, 5.74) is 1.83. The van der Waals surface area contributed by atoms with E-state index in [1.807, 2.05) is 25.8 Å². The Morgan fingerprint density at radius 2 is 1.93 bits per heavy atom. The molecule has 0 fully saturated rings. The molecule has 0 unspecified atom stereocenters. The highest BCUT2D eigenvalue weighted by Gasteiger charge is 2.27. The van der Waals surface area contributed by atoms with E-state index in [0.29, 0.717) is 4.90 Å². The summed E-state index contributed by atoms with van der Waals surface area (Å²) in [5.74, 6) is -1.54. The standard InChI is InChI=1S/C11H11F2NS/c1-6(2)11-14(3)8-5-4-7(12)9(13)10(8)15-11/h4-5H,1-3H3. The minimum Gasteiger partial charge on any atom is -0.338 e. The Bertz CT molecular complexity index is 450. The maximum absolute atomic E-state index is 13.5. The molecule has 2 rings (SSSR count). The van der Waals surface area contributed by atoms with Gasteiger partial charge in [-0.1, -0.05) is 11.8 Å². The average Bonchev–Trinajstić information content (AvgIpc) is 2.51. The Kier molecular flexibility index (Phi) is 2.46. The van der Waals surface area contributed by atoms with Crippen LogP contribution in [0.2, 0.25) is 0 Å². The Morgan fingerprint density at radius 1 is 1.27 bits per heavy atom. The fraction of sp³-hybridized carbons (Fsp3) is 0.273. The van der Waals surface area contributed by atoms with Crippen LogP contribution in [0.3, 0.4) is 0 Å². The van der Waals surface area contributed by atoms with Gasteiger partial charge in [0, 0.05) is 7.05 Å². The number of rotatable bonds is 0. The van der Waals surface area contributed by atoms with Crippen molar-refractivity contribution in [3.63, 3.8) is 0 Å². The van der Waals surface area contributed by atoms with Gasteiger partial charge < -0.3 is 4.90 Å². The third-order valence-corrected chi connectivity index (χ3v) is 3.79. The molecule has 80 valence electrons. The number of nitrogens with zero attached hydrogens (tertiary/aromatic N) is 1. The van der Waals surface area contributed by atoms with Crippen LogP contribution in [0, 0.1) is 11.6 Å². The van der Waals surface area contributed by atoms with Gasteiger partial charge in [-0.15, -0.1) is 0 Å². The number of benzene rings is 1. The number of halogens is 2. The van der Waals surface area contributed by atoms with E-state index in [1.54, 1.807) is 6.07 Å². The zero-order valence-electron chi connectivity index (χ0n) is 8.77. The van der Waals surface area contributed by atoms with E-state index >= 15 is 0 Å². The number of allylic oxidation sites excluding steroid dienone is 1. The third kappa shape index (κ3) is 1.53. The number of hydrogen-bond acceptors (Lipinski definition) is 2. The molecule has 1 aliphatic heterocycles. The van der Waals surface area contributed by atoms with Crippen molar-refractivity contribution >= 4 is 17.4 Å². The first-order chi connectivity index (χ1) is 7.02. The zero-order valence-corrected chi connectivity index (χ0v) is 9.58.